The highest BCUT2D eigenvalue weighted by molar-refractivity contribution is 5.82. The molecule has 88 valence electrons. The predicted octanol–water partition coefficient (Wildman–Crippen LogP) is -1.08. The molecule has 1 amide bonds. The van der Waals surface area contributed by atoms with Crippen molar-refractivity contribution in [2.75, 3.05) is 13.1 Å². The van der Waals surface area contributed by atoms with Crippen LogP contribution in [0.25, 0.3) is 0 Å². The summed E-state index contributed by atoms with van der Waals surface area (Å²) in [5.74, 6) is -0.0627. The lowest BCUT2D eigenvalue weighted by Crippen LogP contribution is -2.46. The fourth-order valence-corrected chi connectivity index (χ4v) is 1.66. The first-order valence-electron chi connectivity index (χ1n) is 5.37. The number of aliphatic hydroxyl groups excluding tert-OH is 2. The fourth-order valence-electron chi connectivity index (χ4n) is 1.66. The van der Waals surface area contributed by atoms with Gasteiger partial charge in [-0.3, -0.25) is 4.79 Å². The summed E-state index contributed by atoms with van der Waals surface area (Å²) >= 11 is 0. The molecule has 4 N–H and O–H groups in total. The summed E-state index contributed by atoms with van der Waals surface area (Å²) in [5, 5.41) is 18.6. The van der Waals surface area contributed by atoms with E-state index in [-0.39, 0.29) is 24.9 Å². The van der Waals surface area contributed by atoms with Crippen LogP contribution in [0.3, 0.4) is 0 Å². The van der Waals surface area contributed by atoms with Gasteiger partial charge >= 0.3 is 0 Å². The van der Waals surface area contributed by atoms with E-state index in [9.17, 15) is 15.0 Å². The monoisotopic (exact) mass is 216 g/mol. The van der Waals surface area contributed by atoms with E-state index in [4.69, 9.17) is 5.73 Å². The van der Waals surface area contributed by atoms with E-state index in [0.29, 0.717) is 0 Å². The molecule has 0 saturated carbocycles. The van der Waals surface area contributed by atoms with Gasteiger partial charge in [0.15, 0.2) is 0 Å². The number of hydrogen-bond acceptors (Lipinski definition) is 4. The molecular weight excluding hydrogens is 196 g/mol. The third-order valence-corrected chi connectivity index (χ3v) is 3.11. The van der Waals surface area contributed by atoms with Crippen molar-refractivity contribution in [1.29, 1.82) is 0 Å². The lowest BCUT2D eigenvalue weighted by molar-refractivity contribution is -0.133. The van der Waals surface area contributed by atoms with E-state index in [1.165, 1.54) is 4.90 Å². The third-order valence-electron chi connectivity index (χ3n) is 3.11. The summed E-state index contributed by atoms with van der Waals surface area (Å²) in [6.45, 7) is 4.27. The lowest BCUT2D eigenvalue weighted by atomic mass is 9.99. The van der Waals surface area contributed by atoms with Crippen LogP contribution in [0.4, 0.5) is 0 Å². The van der Waals surface area contributed by atoms with Crippen LogP contribution in [-0.2, 0) is 4.79 Å². The first-order valence-corrected chi connectivity index (χ1v) is 5.37. The van der Waals surface area contributed by atoms with Gasteiger partial charge in [0.1, 0.15) is 0 Å². The van der Waals surface area contributed by atoms with Gasteiger partial charge in [0.05, 0.1) is 18.2 Å². The molecule has 5 heteroatoms. The third kappa shape index (κ3) is 2.68. The zero-order valence-electron chi connectivity index (χ0n) is 9.26. The van der Waals surface area contributed by atoms with Gasteiger partial charge in [-0.2, -0.15) is 0 Å². The predicted molar refractivity (Wildman–Crippen MR) is 56.0 cm³/mol. The number of likely N-dealkylation sites (tertiary alicyclic amines) is 1. The number of amides is 1. The van der Waals surface area contributed by atoms with Crippen LogP contribution >= 0.6 is 0 Å². The Bertz CT molecular complexity index is 225. The lowest BCUT2D eigenvalue weighted by Gasteiger charge is -2.23. The van der Waals surface area contributed by atoms with Gasteiger partial charge in [-0.25, -0.2) is 0 Å². The summed E-state index contributed by atoms with van der Waals surface area (Å²) in [6, 6.07) is -0.535. The minimum atomic E-state index is -0.835. The maximum absolute atomic E-state index is 11.8. The van der Waals surface area contributed by atoms with Crippen LogP contribution in [-0.4, -0.2) is 52.4 Å². The number of hydrogen-bond donors (Lipinski definition) is 3. The van der Waals surface area contributed by atoms with Gasteiger partial charge < -0.3 is 20.8 Å². The average molecular weight is 216 g/mol. The van der Waals surface area contributed by atoms with Crippen LogP contribution in [0.5, 0.6) is 0 Å². The molecule has 1 fully saturated rings. The van der Waals surface area contributed by atoms with Gasteiger partial charge in [0.2, 0.25) is 5.91 Å². The van der Waals surface area contributed by atoms with E-state index in [1.54, 1.807) is 0 Å². The fraction of sp³-hybridized carbons (Fsp3) is 0.900. The van der Waals surface area contributed by atoms with Crippen LogP contribution in [0, 0.1) is 5.92 Å². The molecule has 5 nitrogen and oxygen atoms in total. The second-order valence-electron chi connectivity index (χ2n) is 4.29. The summed E-state index contributed by atoms with van der Waals surface area (Å²) in [6.07, 6.45) is -0.831. The van der Waals surface area contributed by atoms with Crippen LogP contribution in [0.2, 0.25) is 0 Å². The van der Waals surface area contributed by atoms with Crippen molar-refractivity contribution in [2.24, 2.45) is 11.7 Å². The average Bonchev–Trinajstić information content (AvgIpc) is 2.56. The first-order chi connectivity index (χ1) is 6.97. The Balaban J connectivity index is 2.54. The molecule has 0 aromatic heterocycles. The maximum atomic E-state index is 11.8. The molecule has 1 rings (SSSR count). The normalized spacial score (nSPS) is 30.3. The van der Waals surface area contributed by atoms with Crippen molar-refractivity contribution in [3.05, 3.63) is 0 Å². The molecule has 1 aliphatic heterocycles. The van der Waals surface area contributed by atoms with Crippen molar-refractivity contribution in [3.8, 4) is 0 Å². The quantitative estimate of drug-likeness (QED) is 0.560. The highest BCUT2D eigenvalue weighted by Gasteiger charge is 2.35. The van der Waals surface area contributed by atoms with E-state index < -0.39 is 18.2 Å². The van der Waals surface area contributed by atoms with Gasteiger partial charge in [-0.05, 0) is 5.92 Å². The van der Waals surface area contributed by atoms with E-state index >= 15 is 0 Å². The Hall–Kier alpha value is -0.650. The van der Waals surface area contributed by atoms with E-state index in [1.807, 2.05) is 13.8 Å². The van der Waals surface area contributed by atoms with Gasteiger partial charge in [-0.15, -0.1) is 0 Å². The van der Waals surface area contributed by atoms with Gasteiger partial charge in [0, 0.05) is 13.1 Å². The topological polar surface area (TPSA) is 86.8 Å². The second kappa shape index (κ2) is 4.92. The maximum Gasteiger partial charge on any atom is 0.239 e. The zero-order valence-corrected chi connectivity index (χ0v) is 9.26. The van der Waals surface area contributed by atoms with Crippen LogP contribution < -0.4 is 5.73 Å². The first kappa shape index (κ1) is 12.4. The summed E-state index contributed by atoms with van der Waals surface area (Å²) in [5.41, 5.74) is 5.79. The summed E-state index contributed by atoms with van der Waals surface area (Å²) in [4.78, 5) is 13.3. The molecule has 4 atom stereocenters. The Kier molecular flexibility index (Phi) is 4.07. The molecule has 0 spiro atoms. The highest BCUT2D eigenvalue weighted by atomic mass is 16.3. The molecule has 0 aromatic rings. The largest absolute Gasteiger partial charge is 0.388 e. The Morgan fingerprint density at radius 1 is 1.47 bits per heavy atom. The minimum absolute atomic E-state index is 0.118. The van der Waals surface area contributed by atoms with Crippen molar-refractivity contribution in [3.63, 3.8) is 0 Å². The van der Waals surface area contributed by atoms with Crippen molar-refractivity contribution < 1.29 is 15.0 Å². The number of carbonyl (C=O) groups excluding carboxylic acids is 1. The number of carbonyl (C=O) groups is 1. The van der Waals surface area contributed by atoms with Crippen LogP contribution in [0.1, 0.15) is 20.3 Å². The molecule has 0 aliphatic carbocycles. The molecule has 1 unspecified atom stereocenters. The smallest absolute Gasteiger partial charge is 0.239 e. The van der Waals surface area contributed by atoms with E-state index in [2.05, 4.69) is 0 Å². The Morgan fingerprint density at radius 3 is 2.33 bits per heavy atom. The number of nitrogens with zero attached hydrogens (tertiary/aromatic N) is 1. The van der Waals surface area contributed by atoms with Gasteiger partial charge in [0.25, 0.3) is 0 Å². The van der Waals surface area contributed by atoms with Crippen molar-refractivity contribution >= 4 is 5.91 Å². The molecule has 1 heterocycles. The summed E-state index contributed by atoms with van der Waals surface area (Å²) in [7, 11) is 0. The van der Waals surface area contributed by atoms with Crippen molar-refractivity contribution in [1.82, 2.24) is 4.90 Å². The molecule has 1 saturated heterocycles. The van der Waals surface area contributed by atoms with Crippen molar-refractivity contribution in [2.45, 2.75) is 38.5 Å². The van der Waals surface area contributed by atoms with Gasteiger partial charge in [-0.1, -0.05) is 20.3 Å². The number of rotatable bonds is 3. The highest BCUT2D eigenvalue weighted by Crippen LogP contribution is 2.14. The Labute approximate surface area is 89.9 Å². The Morgan fingerprint density at radius 2 is 1.93 bits per heavy atom. The standard InChI is InChI=1S/C10H20N2O3/c1-3-6(2)9(11)10(15)12-4-7(13)8(14)5-12/h6-9,13-14H,3-5,11H2,1-2H3/t6?,7-,8+,9-/m0/s1. The number of β-amino-alcohol motifs (C(OH)–C–C–N with tert-alkyl or cyclic N) is 2. The summed E-state index contributed by atoms with van der Waals surface area (Å²) < 4.78 is 0. The SMILES string of the molecule is CCC(C)[C@H](N)C(=O)N1C[C@@H](O)[C@@H](O)C1. The molecule has 0 bridgehead atoms. The number of aliphatic hydroxyl groups is 2. The second-order valence-corrected chi connectivity index (χ2v) is 4.29. The zero-order chi connectivity index (χ0) is 11.6. The molecular formula is C10H20N2O3. The van der Waals surface area contributed by atoms with Crippen LogP contribution in [0.15, 0.2) is 0 Å². The molecule has 15 heavy (non-hydrogen) atoms. The molecule has 0 aromatic carbocycles. The molecule has 1 aliphatic rings. The number of nitrogens with two attached hydrogens (primary N) is 1. The minimum Gasteiger partial charge on any atom is -0.388 e. The van der Waals surface area contributed by atoms with E-state index in [0.717, 1.165) is 6.42 Å². The molecule has 0 radical (unpaired) electrons.